The third-order valence-electron chi connectivity index (χ3n) is 1.94. The maximum Gasteiger partial charge on any atom is 0.162 e. The fraction of sp³-hybridized carbons (Fsp3) is 0.444. The second kappa shape index (κ2) is 5.22. The van der Waals surface area contributed by atoms with Crippen LogP contribution in [0.25, 0.3) is 0 Å². The Bertz CT molecular complexity index is 454. The molecular formula is C9H11BrN4O2. The van der Waals surface area contributed by atoms with Gasteiger partial charge in [-0.3, -0.25) is 0 Å². The summed E-state index contributed by atoms with van der Waals surface area (Å²) in [4.78, 5) is 0. The van der Waals surface area contributed by atoms with Crippen molar-refractivity contribution in [2.45, 2.75) is 18.5 Å². The lowest BCUT2D eigenvalue weighted by Crippen LogP contribution is -2.00. The Hall–Kier alpha value is -1.21. The van der Waals surface area contributed by atoms with Crippen LogP contribution in [0.4, 0.5) is 0 Å². The molecule has 0 atom stereocenters. The fourth-order valence-corrected chi connectivity index (χ4v) is 1.54. The standard InChI is InChI=1S/C9H11BrN4O2/c1-15-6-9-2-7(12-16-9)4-14-5-8(3-10)11-13-14/h2,5H,3-4,6H2,1H3. The average Bonchev–Trinajstić information content (AvgIpc) is 2.89. The van der Waals surface area contributed by atoms with Crippen LogP contribution in [-0.2, 0) is 23.2 Å². The largest absolute Gasteiger partial charge is 0.377 e. The molecule has 7 heteroatoms. The highest BCUT2D eigenvalue weighted by Gasteiger charge is 2.06. The van der Waals surface area contributed by atoms with Crippen molar-refractivity contribution in [3.8, 4) is 0 Å². The van der Waals surface area contributed by atoms with Gasteiger partial charge in [-0.2, -0.15) is 0 Å². The van der Waals surface area contributed by atoms with E-state index in [1.165, 1.54) is 0 Å². The Kier molecular flexibility index (Phi) is 3.68. The molecule has 0 amide bonds. The molecule has 0 bridgehead atoms. The van der Waals surface area contributed by atoms with Crippen molar-refractivity contribution in [2.24, 2.45) is 0 Å². The molecule has 0 aliphatic carbocycles. The van der Waals surface area contributed by atoms with Gasteiger partial charge in [-0.05, 0) is 0 Å². The molecule has 0 fully saturated rings. The van der Waals surface area contributed by atoms with Gasteiger partial charge in [0.25, 0.3) is 0 Å². The fourth-order valence-electron chi connectivity index (χ4n) is 1.28. The van der Waals surface area contributed by atoms with Gasteiger partial charge in [0.1, 0.15) is 12.3 Å². The van der Waals surface area contributed by atoms with Crippen LogP contribution in [0.3, 0.4) is 0 Å². The van der Waals surface area contributed by atoms with Gasteiger partial charge < -0.3 is 9.26 Å². The van der Waals surface area contributed by atoms with Gasteiger partial charge in [-0.25, -0.2) is 4.68 Å². The van der Waals surface area contributed by atoms with Crippen molar-refractivity contribution < 1.29 is 9.26 Å². The second-order valence-electron chi connectivity index (χ2n) is 3.26. The SMILES string of the molecule is COCc1cc(Cn2cc(CBr)nn2)no1. The molecule has 0 spiro atoms. The highest BCUT2D eigenvalue weighted by molar-refractivity contribution is 9.08. The van der Waals surface area contributed by atoms with E-state index >= 15 is 0 Å². The van der Waals surface area contributed by atoms with Crippen LogP contribution in [0.2, 0.25) is 0 Å². The zero-order valence-corrected chi connectivity index (χ0v) is 10.3. The summed E-state index contributed by atoms with van der Waals surface area (Å²) in [6.45, 7) is 0.976. The van der Waals surface area contributed by atoms with Crippen LogP contribution in [-0.4, -0.2) is 27.3 Å². The molecule has 0 radical (unpaired) electrons. The van der Waals surface area contributed by atoms with E-state index in [1.54, 1.807) is 11.8 Å². The van der Waals surface area contributed by atoms with Crippen molar-refractivity contribution in [3.63, 3.8) is 0 Å². The number of hydrogen-bond acceptors (Lipinski definition) is 5. The van der Waals surface area contributed by atoms with Crippen LogP contribution >= 0.6 is 15.9 Å². The lowest BCUT2D eigenvalue weighted by atomic mass is 10.3. The van der Waals surface area contributed by atoms with Gasteiger partial charge in [-0.1, -0.05) is 26.3 Å². The summed E-state index contributed by atoms with van der Waals surface area (Å²) < 4.78 is 11.7. The van der Waals surface area contributed by atoms with Gasteiger partial charge in [0, 0.05) is 24.7 Å². The van der Waals surface area contributed by atoms with Crippen molar-refractivity contribution in [1.29, 1.82) is 0 Å². The summed E-state index contributed by atoms with van der Waals surface area (Å²) in [6.07, 6.45) is 1.86. The normalized spacial score (nSPS) is 10.9. The molecule has 0 saturated carbocycles. The summed E-state index contributed by atoms with van der Waals surface area (Å²) in [6, 6.07) is 1.85. The minimum atomic E-state index is 0.428. The molecule has 2 aromatic rings. The third kappa shape index (κ3) is 2.67. The topological polar surface area (TPSA) is 66.0 Å². The zero-order valence-electron chi connectivity index (χ0n) is 8.76. The highest BCUT2D eigenvalue weighted by atomic mass is 79.9. The van der Waals surface area contributed by atoms with E-state index in [4.69, 9.17) is 9.26 Å². The lowest BCUT2D eigenvalue weighted by Gasteiger charge is -1.92. The molecule has 0 aliphatic rings. The molecule has 0 aliphatic heterocycles. The lowest BCUT2D eigenvalue weighted by molar-refractivity contribution is 0.155. The first kappa shape index (κ1) is 11.3. The molecule has 0 saturated heterocycles. The molecule has 0 unspecified atom stereocenters. The number of rotatable bonds is 5. The number of methoxy groups -OCH3 is 1. The molecule has 16 heavy (non-hydrogen) atoms. The van der Waals surface area contributed by atoms with E-state index in [0.717, 1.165) is 11.4 Å². The molecular weight excluding hydrogens is 276 g/mol. The zero-order chi connectivity index (χ0) is 11.4. The van der Waals surface area contributed by atoms with Crippen molar-refractivity contribution >= 4 is 15.9 Å². The van der Waals surface area contributed by atoms with Crippen LogP contribution in [0.5, 0.6) is 0 Å². The Morgan fingerprint density at radius 1 is 1.50 bits per heavy atom. The predicted octanol–water partition coefficient (Wildman–Crippen LogP) is 1.36. The predicted molar refractivity (Wildman–Crippen MR) is 59.0 cm³/mol. The van der Waals surface area contributed by atoms with Gasteiger partial charge >= 0.3 is 0 Å². The molecule has 6 nitrogen and oxygen atoms in total. The van der Waals surface area contributed by atoms with Crippen LogP contribution in [0.15, 0.2) is 16.8 Å². The average molecular weight is 287 g/mol. The van der Waals surface area contributed by atoms with E-state index in [2.05, 4.69) is 31.4 Å². The minimum absolute atomic E-state index is 0.428. The van der Waals surface area contributed by atoms with E-state index in [-0.39, 0.29) is 0 Å². The van der Waals surface area contributed by atoms with Crippen LogP contribution < -0.4 is 0 Å². The number of nitrogens with zero attached hydrogens (tertiary/aromatic N) is 4. The molecule has 86 valence electrons. The summed E-state index contributed by atoms with van der Waals surface area (Å²) in [7, 11) is 1.61. The van der Waals surface area contributed by atoms with Gasteiger partial charge in [-0.15, -0.1) is 5.10 Å². The quantitative estimate of drug-likeness (QED) is 0.777. The van der Waals surface area contributed by atoms with Crippen molar-refractivity contribution in [3.05, 3.63) is 29.4 Å². The molecule has 2 rings (SSSR count). The van der Waals surface area contributed by atoms with Crippen LogP contribution in [0.1, 0.15) is 17.1 Å². The molecule has 2 heterocycles. The first-order valence-electron chi connectivity index (χ1n) is 4.70. The van der Waals surface area contributed by atoms with E-state index < -0.39 is 0 Å². The Labute approximate surface area is 101 Å². The van der Waals surface area contributed by atoms with E-state index in [9.17, 15) is 0 Å². The van der Waals surface area contributed by atoms with Crippen molar-refractivity contribution in [2.75, 3.05) is 7.11 Å². The summed E-state index contributed by atoms with van der Waals surface area (Å²) in [5.41, 5.74) is 1.69. The third-order valence-corrected chi connectivity index (χ3v) is 2.52. The summed E-state index contributed by atoms with van der Waals surface area (Å²) >= 11 is 3.31. The maximum absolute atomic E-state index is 5.06. The Balaban J connectivity index is 2.02. The Morgan fingerprint density at radius 2 is 2.38 bits per heavy atom. The summed E-state index contributed by atoms with van der Waals surface area (Å²) in [5, 5.41) is 12.5. The smallest absolute Gasteiger partial charge is 0.162 e. The minimum Gasteiger partial charge on any atom is -0.377 e. The first-order valence-corrected chi connectivity index (χ1v) is 5.82. The van der Waals surface area contributed by atoms with Gasteiger partial charge in [0.15, 0.2) is 5.76 Å². The summed E-state index contributed by atoms with van der Waals surface area (Å²) in [5.74, 6) is 0.707. The number of ether oxygens (including phenoxy) is 1. The van der Waals surface area contributed by atoms with Gasteiger partial charge in [0.05, 0.1) is 12.2 Å². The van der Waals surface area contributed by atoms with Gasteiger partial charge in [0.2, 0.25) is 0 Å². The number of hydrogen-bond donors (Lipinski definition) is 0. The highest BCUT2D eigenvalue weighted by Crippen LogP contribution is 2.07. The van der Waals surface area contributed by atoms with E-state index in [0.29, 0.717) is 24.2 Å². The van der Waals surface area contributed by atoms with Crippen molar-refractivity contribution in [1.82, 2.24) is 20.2 Å². The number of halogens is 1. The van der Waals surface area contributed by atoms with E-state index in [1.807, 2.05) is 12.3 Å². The number of aromatic nitrogens is 4. The molecule has 2 aromatic heterocycles. The Morgan fingerprint density at radius 3 is 3.06 bits per heavy atom. The second-order valence-corrected chi connectivity index (χ2v) is 3.82. The molecule has 0 aromatic carbocycles. The maximum atomic E-state index is 5.06. The number of alkyl halides is 1. The monoisotopic (exact) mass is 286 g/mol. The van der Waals surface area contributed by atoms with Crippen LogP contribution in [0, 0.1) is 0 Å². The molecule has 0 N–H and O–H groups in total. The first-order chi connectivity index (χ1) is 7.81.